The van der Waals surface area contributed by atoms with Gasteiger partial charge in [0.15, 0.2) is 0 Å². The Hall–Kier alpha value is -3.06. The van der Waals surface area contributed by atoms with Gasteiger partial charge in [-0.15, -0.1) is 0 Å². The summed E-state index contributed by atoms with van der Waals surface area (Å²) in [5.41, 5.74) is 1.91. The van der Waals surface area contributed by atoms with Crippen LogP contribution in [0.5, 0.6) is 5.75 Å². The Labute approximate surface area is 171 Å². The van der Waals surface area contributed by atoms with Gasteiger partial charge >= 0.3 is 0 Å². The van der Waals surface area contributed by atoms with Crippen LogP contribution < -0.4 is 20.7 Å². The van der Waals surface area contributed by atoms with E-state index in [1.54, 1.807) is 24.3 Å². The third-order valence-corrected chi connectivity index (χ3v) is 3.87. The lowest BCUT2D eigenvalue weighted by molar-refractivity contribution is -0.114. The minimum absolute atomic E-state index is 0.0685. The number of anilines is 2. The highest BCUT2D eigenvalue weighted by molar-refractivity contribution is 5.96. The molecular weight excluding hydrogens is 370 g/mol. The second kappa shape index (κ2) is 11.7. The van der Waals surface area contributed by atoms with Gasteiger partial charge in [0, 0.05) is 23.9 Å². The van der Waals surface area contributed by atoms with Gasteiger partial charge in [0.2, 0.25) is 5.91 Å². The van der Waals surface area contributed by atoms with Crippen molar-refractivity contribution in [1.82, 2.24) is 5.32 Å². The summed E-state index contributed by atoms with van der Waals surface area (Å²) in [5.74, 6) is 0.328. The van der Waals surface area contributed by atoms with E-state index in [1.165, 1.54) is 0 Å². The zero-order valence-electron chi connectivity index (χ0n) is 17.2. The number of carbonyl (C=O) groups is 2. The number of carbonyl (C=O) groups excluding carboxylic acids is 2. The number of benzene rings is 2. The molecule has 0 aliphatic rings. The van der Waals surface area contributed by atoms with Gasteiger partial charge in [0.1, 0.15) is 12.4 Å². The molecule has 29 heavy (non-hydrogen) atoms. The minimum atomic E-state index is -0.200. The molecular formula is C22H29N3O4. The first-order valence-electron chi connectivity index (χ1n) is 9.73. The minimum Gasteiger partial charge on any atom is -0.489 e. The third-order valence-electron chi connectivity index (χ3n) is 3.87. The molecule has 0 bridgehead atoms. The molecule has 0 saturated carbocycles. The molecule has 0 fully saturated rings. The Balaban J connectivity index is 1.85. The lowest BCUT2D eigenvalue weighted by Crippen LogP contribution is -2.30. The van der Waals surface area contributed by atoms with Gasteiger partial charge in [0.25, 0.3) is 5.91 Å². The summed E-state index contributed by atoms with van der Waals surface area (Å²) in [6.07, 6.45) is 0. The van der Waals surface area contributed by atoms with Gasteiger partial charge in [-0.2, -0.15) is 0 Å². The van der Waals surface area contributed by atoms with E-state index in [2.05, 4.69) is 16.0 Å². The van der Waals surface area contributed by atoms with Crippen molar-refractivity contribution < 1.29 is 19.1 Å². The average molecular weight is 399 g/mol. The molecule has 0 radical (unpaired) electrons. The van der Waals surface area contributed by atoms with Crippen LogP contribution in [0.3, 0.4) is 0 Å². The zero-order valence-corrected chi connectivity index (χ0v) is 17.2. The Morgan fingerprint density at radius 1 is 1.00 bits per heavy atom. The van der Waals surface area contributed by atoms with E-state index in [0.29, 0.717) is 36.8 Å². The smallest absolute Gasteiger partial charge is 0.251 e. The average Bonchev–Trinajstić information content (AvgIpc) is 2.70. The highest BCUT2D eigenvalue weighted by Crippen LogP contribution is 2.23. The molecule has 2 aromatic carbocycles. The topological polar surface area (TPSA) is 88.7 Å². The van der Waals surface area contributed by atoms with Gasteiger partial charge in [-0.3, -0.25) is 9.59 Å². The molecule has 0 aromatic heterocycles. The molecule has 2 rings (SSSR count). The van der Waals surface area contributed by atoms with Crippen LogP contribution in [-0.4, -0.2) is 44.2 Å². The van der Waals surface area contributed by atoms with E-state index < -0.39 is 0 Å². The number of hydrogen-bond donors (Lipinski definition) is 3. The zero-order chi connectivity index (χ0) is 21.1. The molecule has 3 N–H and O–H groups in total. The highest BCUT2D eigenvalue weighted by atomic mass is 16.5. The van der Waals surface area contributed by atoms with Gasteiger partial charge < -0.3 is 25.4 Å². The molecule has 7 heteroatoms. The third kappa shape index (κ3) is 7.83. The maximum Gasteiger partial charge on any atom is 0.251 e. The fourth-order valence-electron chi connectivity index (χ4n) is 2.52. The van der Waals surface area contributed by atoms with E-state index in [4.69, 9.17) is 9.47 Å². The summed E-state index contributed by atoms with van der Waals surface area (Å²) < 4.78 is 11.0. The van der Waals surface area contributed by atoms with Crippen molar-refractivity contribution in [2.24, 2.45) is 0 Å². The molecule has 2 aromatic rings. The van der Waals surface area contributed by atoms with Crippen molar-refractivity contribution in [2.75, 3.05) is 37.0 Å². The van der Waals surface area contributed by atoms with E-state index in [0.717, 1.165) is 5.69 Å². The fraction of sp³-hybridized carbons (Fsp3) is 0.364. The first-order chi connectivity index (χ1) is 14.0. The molecule has 0 aliphatic heterocycles. The van der Waals surface area contributed by atoms with Crippen molar-refractivity contribution in [3.8, 4) is 5.75 Å². The Bertz CT molecular complexity index is 791. The van der Waals surface area contributed by atoms with Crippen LogP contribution in [0.25, 0.3) is 0 Å². The number of para-hydroxylation sites is 2. The molecule has 156 valence electrons. The van der Waals surface area contributed by atoms with Crippen LogP contribution in [-0.2, 0) is 9.53 Å². The van der Waals surface area contributed by atoms with Crippen molar-refractivity contribution in [2.45, 2.75) is 26.8 Å². The standard InChI is InChI=1S/C22H29N3O4/c1-4-28-13-14-29-20-8-6-5-7-19(20)23-15-21(26)25-18-11-9-17(10-12-18)22(27)24-16(2)3/h5-12,16,23H,4,13-15H2,1-3H3,(H,24,27)(H,25,26). The van der Waals surface area contributed by atoms with Crippen LogP contribution in [0, 0.1) is 0 Å². The number of amides is 2. The number of nitrogens with one attached hydrogen (secondary N) is 3. The van der Waals surface area contributed by atoms with Gasteiger partial charge in [0.05, 0.1) is 18.8 Å². The predicted octanol–water partition coefficient (Wildman–Crippen LogP) is 3.29. The van der Waals surface area contributed by atoms with Crippen LogP contribution >= 0.6 is 0 Å². The Morgan fingerprint density at radius 2 is 1.72 bits per heavy atom. The summed E-state index contributed by atoms with van der Waals surface area (Å²) in [6, 6.07) is 14.3. The van der Waals surface area contributed by atoms with Crippen LogP contribution in [0.1, 0.15) is 31.1 Å². The maximum atomic E-state index is 12.2. The predicted molar refractivity (Wildman–Crippen MR) is 115 cm³/mol. The molecule has 0 aliphatic carbocycles. The van der Waals surface area contributed by atoms with Crippen LogP contribution in [0.15, 0.2) is 48.5 Å². The summed E-state index contributed by atoms with van der Waals surface area (Å²) in [5, 5.41) is 8.72. The quantitative estimate of drug-likeness (QED) is 0.505. The van der Waals surface area contributed by atoms with E-state index >= 15 is 0 Å². The Kier molecular flexibility index (Phi) is 8.98. The summed E-state index contributed by atoms with van der Waals surface area (Å²) in [4.78, 5) is 24.2. The van der Waals surface area contributed by atoms with E-state index in [1.807, 2.05) is 45.0 Å². The van der Waals surface area contributed by atoms with Crippen molar-refractivity contribution in [3.63, 3.8) is 0 Å². The monoisotopic (exact) mass is 399 g/mol. The fourth-order valence-corrected chi connectivity index (χ4v) is 2.52. The van der Waals surface area contributed by atoms with Crippen molar-refractivity contribution in [1.29, 1.82) is 0 Å². The molecule has 0 unspecified atom stereocenters. The normalized spacial score (nSPS) is 10.5. The molecule has 2 amide bonds. The van der Waals surface area contributed by atoms with Gasteiger partial charge in [-0.1, -0.05) is 12.1 Å². The van der Waals surface area contributed by atoms with Gasteiger partial charge in [-0.25, -0.2) is 0 Å². The molecule has 7 nitrogen and oxygen atoms in total. The number of hydrogen-bond acceptors (Lipinski definition) is 5. The second-order valence-corrected chi connectivity index (χ2v) is 6.65. The lowest BCUT2D eigenvalue weighted by Gasteiger charge is -2.13. The van der Waals surface area contributed by atoms with Crippen LogP contribution in [0.4, 0.5) is 11.4 Å². The van der Waals surface area contributed by atoms with Crippen LogP contribution in [0.2, 0.25) is 0 Å². The first kappa shape index (κ1) is 22.2. The number of rotatable bonds is 11. The molecule has 0 saturated heterocycles. The summed E-state index contributed by atoms with van der Waals surface area (Å²) >= 11 is 0. The maximum absolute atomic E-state index is 12.2. The molecule has 0 atom stereocenters. The summed E-state index contributed by atoms with van der Waals surface area (Å²) in [7, 11) is 0. The second-order valence-electron chi connectivity index (χ2n) is 6.65. The largest absolute Gasteiger partial charge is 0.489 e. The van der Waals surface area contributed by atoms with Crippen molar-refractivity contribution >= 4 is 23.2 Å². The Morgan fingerprint density at radius 3 is 2.41 bits per heavy atom. The SMILES string of the molecule is CCOCCOc1ccccc1NCC(=O)Nc1ccc(C(=O)NC(C)C)cc1. The van der Waals surface area contributed by atoms with Crippen molar-refractivity contribution in [3.05, 3.63) is 54.1 Å². The molecule has 0 heterocycles. The number of ether oxygens (including phenoxy) is 2. The van der Waals surface area contributed by atoms with E-state index in [9.17, 15) is 9.59 Å². The van der Waals surface area contributed by atoms with E-state index in [-0.39, 0.29) is 24.4 Å². The van der Waals surface area contributed by atoms with Gasteiger partial charge in [-0.05, 0) is 57.2 Å². The first-order valence-corrected chi connectivity index (χ1v) is 9.73. The summed E-state index contributed by atoms with van der Waals surface area (Å²) in [6.45, 7) is 7.42. The highest BCUT2D eigenvalue weighted by Gasteiger charge is 2.09. The molecule has 0 spiro atoms. The lowest BCUT2D eigenvalue weighted by atomic mass is 10.2.